The Kier molecular flexibility index (Phi) is 11.8. The van der Waals surface area contributed by atoms with Gasteiger partial charge < -0.3 is 19.9 Å². The van der Waals surface area contributed by atoms with Crippen LogP contribution in [-0.4, -0.2) is 30.8 Å². The third-order valence-corrected chi connectivity index (χ3v) is 3.84. The number of benzene rings is 1. The zero-order valence-corrected chi connectivity index (χ0v) is 18.7. The van der Waals surface area contributed by atoms with Crippen LogP contribution < -0.4 is 10.6 Å². The predicted octanol–water partition coefficient (Wildman–Crippen LogP) is 3.76. The third kappa shape index (κ3) is 9.23. The van der Waals surface area contributed by atoms with E-state index < -0.39 is 0 Å². The topological polar surface area (TPSA) is 71.7 Å². The van der Waals surface area contributed by atoms with E-state index in [1.54, 1.807) is 0 Å². The van der Waals surface area contributed by atoms with Crippen LogP contribution in [-0.2, 0) is 24.3 Å². The molecular weight excluding hydrogens is 455 g/mol. The molecule has 1 atom stereocenters. The summed E-state index contributed by atoms with van der Waals surface area (Å²) in [4.78, 5) is 4.55. The molecule has 1 unspecified atom stereocenters. The number of hydrogen-bond donors (Lipinski definition) is 2. The number of rotatable bonds is 10. The van der Waals surface area contributed by atoms with Gasteiger partial charge in [0.1, 0.15) is 6.54 Å². The molecule has 0 aliphatic rings. The first-order valence-electron chi connectivity index (χ1n) is 9.29. The lowest BCUT2D eigenvalue weighted by Gasteiger charge is -2.16. The molecule has 2 rings (SSSR count). The largest absolute Gasteiger partial charge is 0.376 e. The summed E-state index contributed by atoms with van der Waals surface area (Å²) in [6, 6.07) is 12.2. The molecule has 0 bridgehead atoms. The van der Waals surface area contributed by atoms with Crippen LogP contribution in [0.15, 0.2) is 45.9 Å². The van der Waals surface area contributed by atoms with Crippen molar-refractivity contribution in [2.75, 3.05) is 19.7 Å². The second kappa shape index (κ2) is 13.5. The highest BCUT2D eigenvalue weighted by atomic mass is 127. The molecule has 0 saturated carbocycles. The number of nitrogens with zero attached hydrogens (tertiary/aromatic N) is 2. The molecule has 2 N–H and O–H groups in total. The normalized spacial score (nSPS) is 12.3. The number of nitrogens with one attached hydrogen (secondary N) is 2. The minimum absolute atomic E-state index is 0. The monoisotopic (exact) mass is 486 g/mol. The van der Waals surface area contributed by atoms with Gasteiger partial charge in [-0.15, -0.1) is 24.0 Å². The molecule has 0 spiro atoms. The molecule has 0 aliphatic carbocycles. The Labute approximate surface area is 179 Å². The lowest BCUT2D eigenvalue weighted by atomic mass is 10.2. The lowest BCUT2D eigenvalue weighted by Crippen LogP contribution is -2.40. The van der Waals surface area contributed by atoms with Gasteiger partial charge in [0.25, 0.3) is 0 Å². The Balaban J connectivity index is 0.00000364. The molecule has 150 valence electrons. The lowest BCUT2D eigenvalue weighted by molar-refractivity contribution is 0.0931. The summed E-state index contributed by atoms with van der Waals surface area (Å²) < 4.78 is 11.1. The number of guanidine groups is 1. The summed E-state index contributed by atoms with van der Waals surface area (Å²) in [5, 5.41) is 10.6. The summed E-state index contributed by atoms with van der Waals surface area (Å²) in [5.74, 6) is 1.93. The van der Waals surface area contributed by atoms with Crippen molar-refractivity contribution in [3.63, 3.8) is 0 Å². The smallest absolute Gasteiger partial charge is 0.191 e. The Bertz CT molecular complexity index is 661. The van der Waals surface area contributed by atoms with Crippen molar-refractivity contribution in [2.45, 2.75) is 40.3 Å². The fourth-order valence-corrected chi connectivity index (χ4v) is 2.38. The van der Waals surface area contributed by atoms with Crippen molar-refractivity contribution in [3.05, 3.63) is 53.4 Å². The molecule has 2 aromatic rings. The van der Waals surface area contributed by atoms with Gasteiger partial charge in [-0.1, -0.05) is 49.3 Å². The maximum absolute atomic E-state index is 5.79. The first kappa shape index (κ1) is 23.4. The highest BCUT2D eigenvalue weighted by Crippen LogP contribution is 2.06. The number of aryl methyl sites for hydroxylation is 1. The summed E-state index contributed by atoms with van der Waals surface area (Å²) in [7, 11) is 0. The van der Waals surface area contributed by atoms with E-state index in [2.05, 4.69) is 46.8 Å². The number of ether oxygens (including phenoxy) is 1. The van der Waals surface area contributed by atoms with Crippen molar-refractivity contribution in [1.82, 2.24) is 15.8 Å². The van der Waals surface area contributed by atoms with E-state index in [1.807, 2.05) is 31.2 Å². The van der Waals surface area contributed by atoms with E-state index in [-0.39, 0.29) is 24.0 Å². The third-order valence-electron chi connectivity index (χ3n) is 3.84. The summed E-state index contributed by atoms with van der Waals surface area (Å²) in [5.41, 5.74) is 2.15. The number of aromatic nitrogens is 1. The summed E-state index contributed by atoms with van der Waals surface area (Å²) in [6.07, 6.45) is 0.867. The van der Waals surface area contributed by atoms with Crippen LogP contribution in [0.2, 0.25) is 0 Å². The maximum atomic E-state index is 5.79. The van der Waals surface area contributed by atoms with Crippen molar-refractivity contribution in [1.29, 1.82) is 0 Å². The molecule has 1 heterocycles. The molecule has 1 aromatic carbocycles. The van der Waals surface area contributed by atoms with Crippen molar-refractivity contribution in [2.24, 2.45) is 10.9 Å². The minimum Gasteiger partial charge on any atom is -0.376 e. The molecule has 0 aliphatic heterocycles. The van der Waals surface area contributed by atoms with E-state index in [0.717, 1.165) is 36.9 Å². The molecule has 0 radical (unpaired) electrons. The minimum atomic E-state index is 0. The van der Waals surface area contributed by atoms with Crippen LogP contribution in [0.4, 0.5) is 0 Å². The molecule has 0 fully saturated rings. The Morgan fingerprint density at radius 1 is 1.22 bits per heavy atom. The average molecular weight is 486 g/mol. The standard InChI is InChI=1S/C20H30N4O2.HI/c1-4-18-11-19(26-24-18)13-23-20(21-5-2)22-12-16(3)14-25-15-17-9-7-6-8-10-17;/h6-11,16H,4-5,12-15H2,1-3H3,(H2,21,22,23);1H. The van der Waals surface area contributed by atoms with Crippen molar-refractivity contribution < 1.29 is 9.26 Å². The highest BCUT2D eigenvalue weighted by Gasteiger charge is 2.06. The molecule has 0 amide bonds. The molecular formula is C20H31IN4O2. The van der Waals surface area contributed by atoms with Crippen LogP contribution in [0.1, 0.15) is 37.8 Å². The fourth-order valence-electron chi connectivity index (χ4n) is 2.38. The van der Waals surface area contributed by atoms with E-state index >= 15 is 0 Å². The van der Waals surface area contributed by atoms with E-state index in [1.165, 1.54) is 5.56 Å². The van der Waals surface area contributed by atoms with Gasteiger partial charge >= 0.3 is 0 Å². The Morgan fingerprint density at radius 2 is 2.00 bits per heavy atom. The van der Waals surface area contributed by atoms with Crippen LogP contribution in [0.3, 0.4) is 0 Å². The van der Waals surface area contributed by atoms with Gasteiger partial charge in [0.15, 0.2) is 11.7 Å². The van der Waals surface area contributed by atoms with Crippen molar-refractivity contribution >= 4 is 29.9 Å². The quantitative estimate of drug-likeness (QED) is 0.304. The molecule has 1 aromatic heterocycles. The molecule has 7 heteroatoms. The first-order valence-corrected chi connectivity index (χ1v) is 9.29. The second-order valence-corrected chi connectivity index (χ2v) is 6.32. The first-order chi connectivity index (χ1) is 12.7. The van der Waals surface area contributed by atoms with Crippen LogP contribution in [0.5, 0.6) is 0 Å². The zero-order valence-electron chi connectivity index (χ0n) is 16.4. The van der Waals surface area contributed by atoms with Gasteiger partial charge in [-0.2, -0.15) is 0 Å². The van der Waals surface area contributed by atoms with Crippen LogP contribution in [0.25, 0.3) is 0 Å². The number of halogens is 1. The Morgan fingerprint density at radius 3 is 2.67 bits per heavy atom. The van der Waals surface area contributed by atoms with E-state index in [9.17, 15) is 0 Å². The van der Waals surface area contributed by atoms with Gasteiger partial charge in [-0.05, 0) is 24.8 Å². The van der Waals surface area contributed by atoms with Crippen molar-refractivity contribution in [3.8, 4) is 0 Å². The molecule has 0 saturated heterocycles. The zero-order chi connectivity index (χ0) is 18.6. The molecule has 27 heavy (non-hydrogen) atoms. The van der Waals surface area contributed by atoms with Crippen LogP contribution in [0, 0.1) is 5.92 Å². The van der Waals surface area contributed by atoms with Gasteiger partial charge in [0.05, 0.1) is 18.9 Å². The molecule has 6 nitrogen and oxygen atoms in total. The fraction of sp³-hybridized carbons (Fsp3) is 0.500. The highest BCUT2D eigenvalue weighted by molar-refractivity contribution is 14.0. The van der Waals surface area contributed by atoms with Gasteiger partial charge in [0, 0.05) is 19.2 Å². The van der Waals surface area contributed by atoms with Gasteiger partial charge in [0.2, 0.25) is 0 Å². The van der Waals surface area contributed by atoms with Gasteiger partial charge in [-0.25, -0.2) is 4.99 Å². The van der Waals surface area contributed by atoms with E-state index in [0.29, 0.717) is 25.7 Å². The summed E-state index contributed by atoms with van der Waals surface area (Å²) in [6.45, 7) is 9.67. The second-order valence-electron chi connectivity index (χ2n) is 6.32. The van der Waals surface area contributed by atoms with Crippen LogP contribution >= 0.6 is 24.0 Å². The maximum Gasteiger partial charge on any atom is 0.191 e. The van der Waals surface area contributed by atoms with E-state index in [4.69, 9.17) is 9.26 Å². The predicted molar refractivity (Wildman–Crippen MR) is 119 cm³/mol. The SMILES string of the molecule is CCNC(=NCc1cc(CC)no1)NCC(C)COCc1ccccc1.I. The number of aliphatic imine (C=N–C) groups is 1. The Hall–Kier alpha value is -1.61. The average Bonchev–Trinajstić information content (AvgIpc) is 3.13. The van der Waals surface area contributed by atoms with Gasteiger partial charge in [-0.3, -0.25) is 0 Å². The number of hydrogen-bond acceptors (Lipinski definition) is 4. The summed E-state index contributed by atoms with van der Waals surface area (Å²) >= 11 is 0.